The van der Waals surface area contributed by atoms with Gasteiger partial charge in [-0.1, -0.05) is 41.9 Å². The fourth-order valence-electron chi connectivity index (χ4n) is 3.24. The Morgan fingerprint density at radius 2 is 2.04 bits per heavy atom. The number of rotatable bonds is 6. The van der Waals surface area contributed by atoms with Gasteiger partial charge in [-0.15, -0.1) is 6.58 Å². The molecule has 1 aliphatic carbocycles. The fourth-order valence-corrected chi connectivity index (χ4v) is 4.76. The zero-order valence-electron chi connectivity index (χ0n) is 14.7. The van der Waals surface area contributed by atoms with Crippen molar-refractivity contribution in [1.82, 2.24) is 10.0 Å². The number of benzene rings is 2. The van der Waals surface area contributed by atoms with E-state index in [1.54, 1.807) is 0 Å². The minimum atomic E-state index is -3.82. The van der Waals surface area contributed by atoms with Crippen molar-refractivity contribution < 1.29 is 13.2 Å². The molecule has 0 saturated carbocycles. The number of hydrogen-bond donors (Lipinski definition) is 2. The molecule has 3 rings (SSSR count). The minimum Gasteiger partial charge on any atom is -0.345 e. The Balaban J connectivity index is 1.84. The Kier molecular flexibility index (Phi) is 5.99. The molecule has 0 radical (unpaired) electrons. The first kappa shape index (κ1) is 19.6. The second-order valence-corrected chi connectivity index (χ2v) is 8.55. The van der Waals surface area contributed by atoms with Gasteiger partial charge in [-0.2, -0.15) is 0 Å². The highest BCUT2D eigenvalue weighted by molar-refractivity contribution is 7.89. The molecular weight excluding hydrogens is 384 g/mol. The monoisotopic (exact) mass is 404 g/mol. The van der Waals surface area contributed by atoms with Gasteiger partial charge in [0.15, 0.2) is 0 Å². The van der Waals surface area contributed by atoms with Gasteiger partial charge in [-0.05, 0) is 48.6 Å². The SMILES string of the molecule is C=CCNS(=O)(=O)c1cc(C(=O)N[C@@H]2CCCc3ccccc32)ccc1Cl. The number of sulfonamides is 1. The van der Waals surface area contributed by atoms with E-state index in [1.165, 1.54) is 29.8 Å². The van der Waals surface area contributed by atoms with E-state index >= 15 is 0 Å². The van der Waals surface area contributed by atoms with Crippen molar-refractivity contribution in [2.45, 2.75) is 30.2 Å². The molecule has 5 nitrogen and oxygen atoms in total. The maximum Gasteiger partial charge on any atom is 0.251 e. The summed E-state index contributed by atoms with van der Waals surface area (Å²) in [5, 5.41) is 3.08. The number of carbonyl (C=O) groups excluding carboxylic acids is 1. The lowest BCUT2D eigenvalue weighted by Gasteiger charge is -2.26. The number of nitrogens with one attached hydrogen (secondary N) is 2. The van der Waals surface area contributed by atoms with Crippen molar-refractivity contribution in [2.24, 2.45) is 0 Å². The Morgan fingerprint density at radius 3 is 2.81 bits per heavy atom. The molecule has 27 heavy (non-hydrogen) atoms. The van der Waals surface area contributed by atoms with Gasteiger partial charge in [0.25, 0.3) is 5.91 Å². The van der Waals surface area contributed by atoms with Crippen LogP contribution in [0.3, 0.4) is 0 Å². The second-order valence-electron chi connectivity index (χ2n) is 6.40. The van der Waals surface area contributed by atoms with Crippen molar-refractivity contribution in [2.75, 3.05) is 6.54 Å². The first-order valence-electron chi connectivity index (χ1n) is 8.71. The molecule has 0 aromatic heterocycles. The highest BCUT2D eigenvalue weighted by Crippen LogP contribution is 2.30. The quantitative estimate of drug-likeness (QED) is 0.722. The molecule has 0 bridgehead atoms. The van der Waals surface area contributed by atoms with E-state index in [-0.39, 0.29) is 34.0 Å². The highest BCUT2D eigenvalue weighted by atomic mass is 35.5. The average Bonchev–Trinajstić information content (AvgIpc) is 2.67. The molecule has 0 heterocycles. The van der Waals surface area contributed by atoms with E-state index in [2.05, 4.69) is 22.7 Å². The van der Waals surface area contributed by atoms with Crippen LogP contribution in [-0.2, 0) is 16.4 Å². The topological polar surface area (TPSA) is 75.3 Å². The van der Waals surface area contributed by atoms with E-state index < -0.39 is 10.0 Å². The Morgan fingerprint density at radius 1 is 1.26 bits per heavy atom. The van der Waals surface area contributed by atoms with Crippen LogP contribution in [0.1, 0.15) is 40.4 Å². The van der Waals surface area contributed by atoms with E-state index in [9.17, 15) is 13.2 Å². The van der Waals surface area contributed by atoms with E-state index in [4.69, 9.17) is 11.6 Å². The molecule has 1 amide bonds. The normalized spacial score (nSPS) is 16.4. The molecule has 2 aromatic rings. The predicted molar refractivity (Wildman–Crippen MR) is 106 cm³/mol. The Hall–Kier alpha value is -2.15. The summed E-state index contributed by atoms with van der Waals surface area (Å²) in [6.45, 7) is 3.56. The van der Waals surface area contributed by atoms with Crippen LogP contribution in [0.25, 0.3) is 0 Å². The lowest BCUT2D eigenvalue weighted by Crippen LogP contribution is -2.31. The minimum absolute atomic E-state index is 0.0612. The van der Waals surface area contributed by atoms with Gasteiger partial charge in [-0.25, -0.2) is 13.1 Å². The smallest absolute Gasteiger partial charge is 0.251 e. The van der Waals surface area contributed by atoms with Gasteiger partial charge in [0, 0.05) is 12.1 Å². The van der Waals surface area contributed by atoms with Gasteiger partial charge < -0.3 is 5.32 Å². The maximum absolute atomic E-state index is 12.7. The first-order valence-corrected chi connectivity index (χ1v) is 10.6. The molecule has 2 aromatic carbocycles. The highest BCUT2D eigenvalue weighted by Gasteiger charge is 2.24. The third-order valence-electron chi connectivity index (χ3n) is 4.58. The summed E-state index contributed by atoms with van der Waals surface area (Å²) >= 11 is 6.05. The standard InChI is InChI=1S/C20H21ClN2O3S/c1-2-12-22-27(25,26)19-13-15(10-11-17(19)21)20(24)23-18-9-5-7-14-6-3-4-8-16(14)18/h2-4,6,8,10-11,13,18,22H,1,5,7,9,12H2,(H,23,24)/t18-/m1/s1. The van der Waals surface area contributed by atoms with Crippen LogP contribution in [0.5, 0.6) is 0 Å². The van der Waals surface area contributed by atoms with Gasteiger partial charge in [0.2, 0.25) is 10.0 Å². The number of halogens is 1. The molecule has 1 aliphatic rings. The molecule has 2 N–H and O–H groups in total. The first-order chi connectivity index (χ1) is 12.9. The van der Waals surface area contributed by atoms with Crippen LogP contribution < -0.4 is 10.0 Å². The van der Waals surface area contributed by atoms with Crippen LogP contribution in [0, 0.1) is 0 Å². The molecule has 1 atom stereocenters. The molecular formula is C20H21ClN2O3S. The Labute approximate surface area is 164 Å². The summed E-state index contributed by atoms with van der Waals surface area (Å²) in [5.41, 5.74) is 2.61. The molecule has 0 fully saturated rings. The molecule has 142 valence electrons. The van der Waals surface area contributed by atoms with Crippen molar-refractivity contribution >= 4 is 27.5 Å². The van der Waals surface area contributed by atoms with Crippen molar-refractivity contribution in [3.8, 4) is 0 Å². The second kappa shape index (κ2) is 8.25. The Bertz CT molecular complexity index is 973. The summed E-state index contributed by atoms with van der Waals surface area (Å²) in [4.78, 5) is 12.6. The zero-order valence-corrected chi connectivity index (χ0v) is 16.3. The summed E-state index contributed by atoms with van der Waals surface area (Å²) in [5.74, 6) is -0.325. The van der Waals surface area contributed by atoms with Crippen LogP contribution in [-0.4, -0.2) is 20.9 Å². The molecule has 7 heteroatoms. The summed E-state index contributed by atoms with van der Waals surface area (Å²) in [7, 11) is -3.82. The fraction of sp³-hybridized carbons (Fsp3) is 0.250. The van der Waals surface area contributed by atoms with Crippen LogP contribution in [0.2, 0.25) is 5.02 Å². The number of hydrogen-bond acceptors (Lipinski definition) is 3. The lowest BCUT2D eigenvalue weighted by molar-refractivity contribution is 0.0932. The van der Waals surface area contributed by atoms with E-state index in [0.717, 1.165) is 24.8 Å². The summed E-state index contributed by atoms with van der Waals surface area (Å²) < 4.78 is 27.1. The third-order valence-corrected chi connectivity index (χ3v) is 6.48. The number of carbonyl (C=O) groups is 1. The van der Waals surface area contributed by atoms with E-state index in [0.29, 0.717) is 0 Å². The zero-order chi connectivity index (χ0) is 19.4. The maximum atomic E-state index is 12.7. The number of fused-ring (bicyclic) bond motifs is 1. The van der Waals surface area contributed by atoms with Crippen molar-refractivity contribution in [3.63, 3.8) is 0 Å². The van der Waals surface area contributed by atoms with Crippen LogP contribution in [0.4, 0.5) is 0 Å². The predicted octanol–water partition coefficient (Wildman–Crippen LogP) is 3.61. The van der Waals surface area contributed by atoms with Gasteiger partial charge in [0.05, 0.1) is 11.1 Å². The molecule has 0 spiro atoms. The van der Waals surface area contributed by atoms with Gasteiger partial charge >= 0.3 is 0 Å². The van der Waals surface area contributed by atoms with Crippen LogP contribution >= 0.6 is 11.6 Å². The van der Waals surface area contributed by atoms with Crippen molar-refractivity contribution in [1.29, 1.82) is 0 Å². The van der Waals surface area contributed by atoms with Crippen LogP contribution in [0.15, 0.2) is 60.0 Å². The summed E-state index contributed by atoms with van der Waals surface area (Å²) in [6.07, 6.45) is 4.28. The third kappa shape index (κ3) is 4.40. The number of amides is 1. The van der Waals surface area contributed by atoms with Gasteiger partial charge in [0.1, 0.15) is 4.90 Å². The molecule has 0 aliphatic heterocycles. The number of aryl methyl sites for hydroxylation is 1. The lowest BCUT2D eigenvalue weighted by atomic mass is 9.87. The molecule has 0 unspecified atom stereocenters. The largest absolute Gasteiger partial charge is 0.345 e. The average molecular weight is 405 g/mol. The van der Waals surface area contributed by atoms with E-state index in [1.807, 2.05) is 18.2 Å². The summed E-state index contributed by atoms with van der Waals surface area (Å²) in [6, 6.07) is 12.2. The molecule has 0 saturated heterocycles. The van der Waals surface area contributed by atoms with Gasteiger partial charge in [-0.3, -0.25) is 4.79 Å². The van der Waals surface area contributed by atoms with Crippen molar-refractivity contribution in [3.05, 3.63) is 76.8 Å².